The molecule has 0 aromatic heterocycles. The lowest BCUT2D eigenvalue weighted by Crippen LogP contribution is -2.68. The van der Waals surface area contributed by atoms with Crippen LogP contribution in [0.2, 0.25) is 0 Å². The molecule has 25 heavy (non-hydrogen) atoms. The first kappa shape index (κ1) is 23.3. The molecule has 0 N–H and O–H groups in total. The van der Waals surface area contributed by atoms with Crippen LogP contribution in [-0.2, 0) is 9.47 Å². The Labute approximate surface area is 150 Å². The Balaban J connectivity index is 3.85. The third kappa shape index (κ3) is 3.68. The van der Waals surface area contributed by atoms with Gasteiger partial charge in [0.2, 0.25) is 5.92 Å². The molecule has 0 saturated carbocycles. The number of rotatable bonds is 2. The molecule has 0 spiro atoms. The highest BCUT2D eigenvalue weighted by atomic mass is 35.5. The van der Waals surface area contributed by atoms with Crippen LogP contribution in [0.4, 0.5) is 48.3 Å². The van der Waals surface area contributed by atoms with E-state index < -0.39 is 45.2 Å². The van der Waals surface area contributed by atoms with E-state index in [1.165, 1.54) is 0 Å². The van der Waals surface area contributed by atoms with E-state index in [2.05, 4.69) is 9.47 Å². The smallest absolute Gasteiger partial charge is 0.302 e. The summed E-state index contributed by atoms with van der Waals surface area (Å²) in [5.74, 6) is -18.5. The Bertz CT molecular complexity index is 494. The summed E-state index contributed by atoms with van der Waals surface area (Å²) in [6.07, 6.45) is -20.6. The van der Waals surface area contributed by atoms with E-state index in [1.54, 1.807) is 0 Å². The highest BCUT2D eigenvalue weighted by Gasteiger charge is 2.89. The van der Waals surface area contributed by atoms with E-state index in [0.717, 1.165) is 0 Å². The second-order valence-electron chi connectivity index (χ2n) is 4.49. The number of hydrogen-bond acceptors (Lipinski definition) is 2. The van der Waals surface area contributed by atoms with Crippen LogP contribution in [0.3, 0.4) is 0 Å². The SMILES string of the molecule is FC(F)(F)C(C(F)(F)F)C1(C(F)(F)C(F)(F)F)OC(Cl)(Cl)C(Cl)(Cl)O1. The van der Waals surface area contributed by atoms with Crippen molar-refractivity contribution in [3.63, 3.8) is 0 Å². The number of hydrogen-bond donors (Lipinski definition) is 0. The molecule has 0 aromatic rings. The van der Waals surface area contributed by atoms with E-state index in [1.807, 2.05) is 0 Å². The van der Waals surface area contributed by atoms with Crippen molar-refractivity contribution in [3.8, 4) is 0 Å². The van der Waals surface area contributed by atoms with Gasteiger partial charge in [0.25, 0.3) is 14.8 Å². The molecule has 0 atom stereocenters. The first-order valence-corrected chi connectivity index (χ1v) is 6.78. The monoisotopic (exact) mass is 478 g/mol. The minimum Gasteiger partial charge on any atom is -0.302 e. The quantitative estimate of drug-likeness (QED) is 0.361. The molecule has 1 aliphatic rings. The molecular weight excluding hydrogens is 479 g/mol. The van der Waals surface area contributed by atoms with Crippen molar-refractivity contribution >= 4 is 46.4 Å². The average Bonchev–Trinajstić information content (AvgIpc) is 2.38. The Morgan fingerprint density at radius 3 is 1.08 bits per heavy atom. The van der Waals surface area contributed by atoms with Gasteiger partial charge >= 0.3 is 24.5 Å². The molecule has 1 rings (SSSR count). The summed E-state index contributed by atoms with van der Waals surface area (Å²) in [7, 11) is 0. The molecule has 0 aromatic carbocycles. The summed E-state index contributed by atoms with van der Waals surface area (Å²) < 4.78 is 141. The van der Waals surface area contributed by atoms with E-state index in [0.29, 0.717) is 0 Å². The first-order chi connectivity index (χ1) is 10.5. The van der Waals surface area contributed by atoms with E-state index >= 15 is 0 Å². The summed E-state index contributed by atoms with van der Waals surface area (Å²) in [5, 5.41) is 0. The van der Waals surface area contributed by atoms with E-state index in [9.17, 15) is 48.3 Å². The molecule has 1 aliphatic heterocycles. The van der Waals surface area contributed by atoms with Crippen LogP contribution < -0.4 is 0 Å². The minimum atomic E-state index is -7.04. The lowest BCUT2D eigenvalue weighted by atomic mass is 9.90. The third-order valence-electron chi connectivity index (χ3n) is 2.73. The molecular formula is C8HCl4F11O2. The van der Waals surface area contributed by atoms with Crippen LogP contribution >= 0.6 is 46.4 Å². The molecule has 0 radical (unpaired) electrons. The van der Waals surface area contributed by atoms with Gasteiger partial charge in [-0.2, -0.15) is 48.3 Å². The second kappa shape index (κ2) is 5.90. The lowest BCUT2D eigenvalue weighted by Gasteiger charge is -2.42. The van der Waals surface area contributed by atoms with Crippen molar-refractivity contribution in [2.24, 2.45) is 5.92 Å². The number of halogens is 15. The molecule has 150 valence electrons. The van der Waals surface area contributed by atoms with Crippen LogP contribution in [-0.4, -0.2) is 39.3 Å². The zero-order chi connectivity index (χ0) is 20.5. The largest absolute Gasteiger partial charge is 0.459 e. The van der Waals surface area contributed by atoms with Gasteiger partial charge in [0.15, 0.2) is 0 Å². The average molecular weight is 480 g/mol. The highest BCUT2D eigenvalue weighted by molar-refractivity contribution is 6.61. The van der Waals surface area contributed by atoms with Gasteiger partial charge in [-0.1, -0.05) is 46.4 Å². The van der Waals surface area contributed by atoms with Gasteiger partial charge in [0.1, 0.15) is 0 Å². The van der Waals surface area contributed by atoms with Crippen molar-refractivity contribution in [3.05, 3.63) is 0 Å². The number of alkyl halides is 15. The van der Waals surface area contributed by atoms with Crippen molar-refractivity contribution in [2.45, 2.75) is 39.3 Å². The van der Waals surface area contributed by atoms with Crippen LogP contribution in [0.15, 0.2) is 0 Å². The van der Waals surface area contributed by atoms with Crippen LogP contribution in [0.1, 0.15) is 0 Å². The minimum absolute atomic E-state index is 3.39. The summed E-state index contributed by atoms with van der Waals surface area (Å²) in [5.41, 5.74) is 0. The third-order valence-corrected chi connectivity index (χ3v) is 4.49. The molecule has 0 aliphatic carbocycles. The molecule has 1 heterocycles. The zero-order valence-corrected chi connectivity index (χ0v) is 13.6. The zero-order valence-electron chi connectivity index (χ0n) is 10.6. The molecule has 0 bridgehead atoms. The van der Waals surface area contributed by atoms with Crippen molar-refractivity contribution in [2.75, 3.05) is 0 Å². The Morgan fingerprint density at radius 1 is 0.600 bits per heavy atom. The second-order valence-corrected chi connectivity index (χ2v) is 7.01. The van der Waals surface area contributed by atoms with Gasteiger partial charge in [-0.05, 0) is 0 Å². The predicted octanol–water partition coefficient (Wildman–Crippen LogP) is 5.93. The fourth-order valence-electron chi connectivity index (χ4n) is 1.76. The van der Waals surface area contributed by atoms with Gasteiger partial charge in [0, 0.05) is 0 Å². The maximum atomic E-state index is 13.7. The summed E-state index contributed by atoms with van der Waals surface area (Å²) >= 11 is 19.9. The fraction of sp³-hybridized carbons (Fsp3) is 1.00. The highest BCUT2D eigenvalue weighted by Crippen LogP contribution is 2.66. The molecule has 1 saturated heterocycles. The number of ether oxygens (including phenoxy) is 2. The molecule has 17 heteroatoms. The lowest BCUT2D eigenvalue weighted by molar-refractivity contribution is -0.458. The Morgan fingerprint density at radius 2 is 0.880 bits per heavy atom. The maximum Gasteiger partial charge on any atom is 0.459 e. The Hall–Kier alpha value is 0.310. The van der Waals surface area contributed by atoms with Crippen LogP contribution in [0, 0.1) is 5.92 Å². The fourth-order valence-corrected chi connectivity index (χ4v) is 2.37. The van der Waals surface area contributed by atoms with Crippen LogP contribution in [0.25, 0.3) is 0 Å². The summed E-state index contributed by atoms with van der Waals surface area (Å²) in [6.45, 7) is 0. The first-order valence-electron chi connectivity index (χ1n) is 5.27. The van der Waals surface area contributed by atoms with Gasteiger partial charge in [-0.25, -0.2) is 0 Å². The summed E-state index contributed by atoms with van der Waals surface area (Å²) in [4.78, 5) is 0. The van der Waals surface area contributed by atoms with E-state index in [-0.39, 0.29) is 0 Å². The molecule has 2 nitrogen and oxygen atoms in total. The topological polar surface area (TPSA) is 18.5 Å². The van der Waals surface area contributed by atoms with Crippen LogP contribution in [0.5, 0.6) is 0 Å². The molecule has 0 unspecified atom stereocenters. The van der Waals surface area contributed by atoms with E-state index in [4.69, 9.17) is 46.4 Å². The van der Waals surface area contributed by atoms with Gasteiger partial charge < -0.3 is 9.47 Å². The standard InChI is InChI=1S/C8HCl4F11O2/c9-6(10)7(11,12)25-2(24-6,5(19,20)8(21,22)23)1(3(13,14)15)4(16,17)18/h1H. The van der Waals surface area contributed by atoms with Gasteiger partial charge in [-0.15, -0.1) is 0 Å². The van der Waals surface area contributed by atoms with Gasteiger partial charge in [-0.3, -0.25) is 0 Å². The normalized spacial score (nSPS) is 24.0. The predicted molar refractivity (Wildman–Crippen MR) is 60.4 cm³/mol. The van der Waals surface area contributed by atoms with Crippen molar-refractivity contribution < 1.29 is 57.8 Å². The summed E-state index contributed by atoms with van der Waals surface area (Å²) in [6, 6.07) is 0. The molecule has 0 amide bonds. The van der Waals surface area contributed by atoms with Crippen molar-refractivity contribution in [1.82, 2.24) is 0 Å². The maximum absolute atomic E-state index is 13.7. The Kier molecular flexibility index (Phi) is 5.51. The van der Waals surface area contributed by atoms with Gasteiger partial charge in [0.05, 0.1) is 0 Å². The van der Waals surface area contributed by atoms with Crippen molar-refractivity contribution in [1.29, 1.82) is 0 Å². The molecule has 1 fully saturated rings.